The highest BCUT2D eigenvalue weighted by Gasteiger charge is 1.93. The lowest BCUT2D eigenvalue weighted by Gasteiger charge is -1.94. The number of carboxylic acid groups (broad SMARTS) is 1. The van der Waals surface area contributed by atoms with E-state index >= 15 is 0 Å². The number of hydrogen-bond donors (Lipinski definition) is 1. The van der Waals surface area contributed by atoms with Gasteiger partial charge in [0, 0.05) is 13.0 Å². The Bertz CT molecular complexity index is 152. The summed E-state index contributed by atoms with van der Waals surface area (Å²) in [6.07, 6.45) is 6.94. The SMILES string of the molecule is CCOCC=CCCCCC(=O)O. The minimum absolute atomic E-state index is 0.277. The van der Waals surface area contributed by atoms with Gasteiger partial charge in [-0.25, -0.2) is 0 Å². The van der Waals surface area contributed by atoms with Gasteiger partial charge in [-0.05, 0) is 26.2 Å². The maximum atomic E-state index is 10.1. The molecule has 0 fully saturated rings. The van der Waals surface area contributed by atoms with Crippen molar-refractivity contribution in [1.29, 1.82) is 0 Å². The Kier molecular flexibility index (Phi) is 8.67. The average molecular weight is 186 g/mol. The summed E-state index contributed by atoms with van der Waals surface area (Å²) in [4.78, 5) is 10.1. The predicted molar refractivity (Wildman–Crippen MR) is 51.7 cm³/mol. The van der Waals surface area contributed by atoms with Crippen molar-refractivity contribution in [3.8, 4) is 0 Å². The smallest absolute Gasteiger partial charge is 0.303 e. The molecule has 0 aromatic carbocycles. The van der Waals surface area contributed by atoms with Crippen LogP contribution in [0.3, 0.4) is 0 Å². The van der Waals surface area contributed by atoms with Crippen LogP contribution in [0.15, 0.2) is 12.2 Å². The van der Waals surface area contributed by atoms with Crippen molar-refractivity contribution in [2.45, 2.75) is 32.6 Å². The highest BCUT2D eigenvalue weighted by Crippen LogP contribution is 2.00. The molecule has 0 saturated carbocycles. The summed E-state index contributed by atoms with van der Waals surface area (Å²) in [5.74, 6) is -0.710. The summed E-state index contributed by atoms with van der Waals surface area (Å²) in [7, 11) is 0. The zero-order valence-corrected chi connectivity index (χ0v) is 8.16. The van der Waals surface area contributed by atoms with Crippen LogP contribution in [0.1, 0.15) is 32.6 Å². The summed E-state index contributed by atoms with van der Waals surface area (Å²) in [5, 5.41) is 8.35. The van der Waals surface area contributed by atoms with Crippen LogP contribution < -0.4 is 0 Å². The number of carboxylic acids is 1. The largest absolute Gasteiger partial charge is 0.481 e. The average Bonchev–Trinajstić information content (AvgIpc) is 2.09. The Morgan fingerprint density at radius 1 is 1.38 bits per heavy atom. The standard InChI is InChI=1S/C10H18O3/c1-2-13-9-7-5-3-4-6-8-10(11)12/h5,7H,2-4,6,8-9H2,1H3,(H,11,12). The summed E-state index contributed by atoms with van der Waals surface area (Å²) in [5.41, 5.74) is 0. The van der Waals surface area contributed by atoms with Crippen LogP contribution in [0.2, 0.25) is 0 Å². The van der Waals surface area contributed by atoms with Gasteiger partial charge in [0.2, 0.25) is 0 Å². The number of rotatable bonds is 8. The van der Waals surface area contributed by atoms with Gasteiger partial charge >= 0.3 is 5.97 Å². The lowest BCUT2D eigenvalue weighted by atomic mass is 10.2. The van der Waals surface area contributed by atoms with Gasteiger partial charge in [0.05, 0.1) is 6.61 Å². The molecule has 0 amide bonds. The predicted octanol–water partition coefficient (Wildman–Crippen LogP) is 2.22. The van der Waals surface area contributed by atoms with Crippen molar-refractivity contribution in [2.75, 3.05) is 13.2 Å². The molecule has 0 saturated heterocycles. The molecule has 76 valence electrons. The van der Waals surface area contributed by atoms with Gasteiger partial charge in [-0.2, -0.15) is 0 Å². The van der Waals surface area contributed by atoms with Crippen molar-refractivity contribution < 1.29 is 14.6 Å². The fraction of sp³-hybridized carbons (Fsp3) is 0.700. The Balaban J connectivity index is 3.06. The molecule has 0 aromatic rings. The zero-order valence-electron chi connectivity index (χ0n) is 8.16. The molecule has 1 N–H and O–H groups in total. The molecular formula is C10H18O3. The number of allylic oxidation sites excluding steroid dienone is 1. The van der Waals surface area contributed by atoms with Crippen LogP contribution in [0.5, 0.6) is 0 Å². The van der Waals surface area contributed by atoms with Gasteiger partial charge in [0.1, 0.15) is 0 Å². The van der Waals surface area contributed by atoms with Crippen LogP contribution in [-0.4, -0.2) is 24.3 Å². The monoisotopic (exact) mass is 186 g/mol. The van der Waals surface area contributed by atoms with Gasteiger partial charge in [0.25, 0.3) is 0 Å². The molecule has 0 rings (SSSR count). The minimum atomic E-state index is -0.710. The zero-order chi connectivity index (χ0) is 9.94. The van der Waals surface area contributed by atoms with E-state index in [0.717, 1.165) is 25.9 Å². The molecule has 0 heterocycles. The van der Waals surface area contributed by atoms with Gasteiger partial charge in [0.15, 0.2) is 0 Å². The van der Waals surface area contributed by atoms with Crippen molar-refractivity contribution in [3.05, 3.63) is 12.2 Å². The maximum absolute atomic E-state index is 10.1. The van der Waals surface area contributed by atoms with Gasteiger partial charge in [-0.1, -0.05) is 12.2 Å². The molecule has 0 atom stereocenters. The third-order valence-electron chi connectivity index (χ3n) is 1.60. The molecule has 3 nitrogen and oxygen atoms in total. The second-order valence-electron chi connectivity index (χ2n) is 2.77. The first-order chi connectivity index (χ1) is 6.27. The van der Waals surface area contributed by atoms with Gasteiger partial charge in [-0.3, -0.25) is 4.79 Å². The third kappa shape index (κ3) is 11.2. The minimum Gasteiger partial charge on any atom is -0.481 e. The normalized spacial score (nSPS) is 10.8. The topological polar surface area (TPSA) is 46.5 Å². The molecule has 0 aliphatic heterocycles. The van der Waals surface area contributed by atoms with Gasteiger partial charge < -0.3 is 9.84 Å². The van der Waals surface area contributed by atoms with E-state index in [2.05, 4.69) is 0 Å². The molecule has 0 unspecified atom stereocenters. The van der Waals surface area contributed by atoms with Crippen molar-refractivity contribution in [3.63, 3.8) is 0 Å². The van der Waals surface area contributed by atoms with Crippen molar-refractivity contribution in [2.24, 2.45) is 0 Å². The van der Waals surface area contributed by atoms with Crippen LogP contribution in [0.25, 0.3) is 0 Å². The first-order valence-corrected chi connectivity index (χ1v) is 4.72. The highest BCUT2D eigenvalue weighted by atomic mass is 16.5. The highest BCUT2D eigenvalue weighted by molar-refractivity contribution is 5.66. The Morgan fingerprint density at radius 2 is 2.15 bits per heavy atom. The second-order valence-corrected chi connectivity index (χ2v) is 2.77. The summed E-state index contributed by atoms with van der Waals surface area (Å²) >= 11 is 0. The lowest BCUT2D eigenvalue weighted by Crippen LogP contribution is -1.93. The molecule has 13 heavy (non-hydrogen) atoms. The van der Waals surface area contributed by atoms with E-state index < -0.39 is 5.97 Å². The summed E-state index contributed by atoms with van der Waals surface area (Å²) < 4.78 is 5.10. The summed E-state index contributed by atoms with van der Waals surface area (Å²) in [6, 6.07) is 0. The van der Waals surface area contributed by atoms with Crippen LogP contribution in [-0.2, 0) is 9.53 Å². The lowest BCUT2D eigenvalue weighted by molar-refractivity contribution is -0.137. The van der Waals surface area contributed by atoms with E-state index in [0.29, 0.717) is 6.61 Å². The molecule has 0 aromatic heterocycles. The molecule has 0 radical (unpaired) electrons. The number of ether oxygens (including phenoxy) is 1. The van der Waals surface area contributed by atoms with Gasteiger partial charge in [-0.15, -0.1) is 0 Å². The van der Waals surface area contributed by atoms with E-state index in [1.807, 2.05) is 19.1 Å². The van der Waals surface area contributed by atoms with E-state index in [1.165, 1.54) is 0 Å². The Hall–Kier alpha value is -0.830. The number of aliphatic carboxylic acids is 1. The fourth-order valence-electron chi connectivity index (χ4n) is 0.910. The van der Waals surface area contributed by atoms with Crippen LogP contribution in [0, 0.1) is 0 Å². The number of hydrogen-bond acceptors (Lipinski definition) is 2. The quantitative estimate of drug-likeness (QED) is 0.467. The van der Waals surface area contributed by atoms with E-state index in [4.69, 9.17) is 9.84 Å². The molecule has 0 bridgehead atoms. The van der Waals surface area contributed by atoms with Crippen molar-refractivity contribution >= 4 is 5.97 Å². The summed E-state index contributed by atoms with van der Waals surface area (Å²) in [6.45, 7) is 3.36. The van der Waals surface area contributed by atoms with E-state index in [9.17, 15) is 4.79 Å². The molecule has 0 spiro atoms. The van der Waals surface area contributed by atoms with E-state index in [-0.39, 0.29) is 6.42 Å². The maximum Gasteiger partial charge on any atom is 0.303 e. The fourth-order valence-corrected chi connectivity index (χ4v) is 0.910. The molecular weight excluding hydrogens is 168 g/mol. The van der Waals surface area contributed by atoms with Crippen molar-refractivity contribution in [1.82, 2.24) is 0 Å². The number of carbonyl (C=O) groups is 1. The second kappa shape index (κ2) is 9.26. The van der Waals surface area contributed by atoms with E-state index in [1.54, 1.807) is 0 Å². The molecule has 0 aliphatic rings. The van der Waals surface area contributed by atoms with Crippen LogP contribution >= 0.6 is 0 Å². The Labute approximate surface area is 79.4 Å². The first-order valence-electron chi connectivity index (χ1n) is 4.72. The molecule has 3 heteroatoms. The first kappa shape index (κ1) is 12.2. The Morgan fingerprint density at radius 3 is 2.77 bits per heavy atom. The number of unbranched alkanes of at least 4 members (excludes halogenated alkanes) is 2. The van der Waals surface area contributed by atoms with Crippen LogP contribution in [0.4, 0.5) is 0 Å². The third-order valence-corrected chi connectivity index (χ3v) is 1.60. The molecule has 0 aliphatic carbocycles.